The van der Waals surface area contributed by atoms with Crippen LogP contribution in [0.3, 0.4) is 0 Å². The normalized spacial score (nSPS) is 13.2. The van der Waals surface area contributed by atoms with E-state index in [1.54, 1.807) is 0 Å². The zero-order chi connectivity index (χ0) is 14.9. The van der Waals surface area contributed by atoms with Crippen LogP contribution >= 0.6 is 0 Å². The highest BCUT2D eigenvalue weighted by atomic mass is 16.4. The Morgan fingerprint density at radius 3 is 2.30 bits per heavy atom. The average molecular weight is 272 g/mol. The standard InChI is InChI=1S/C16H20N2O2/c1-16(2,3)14(18-15(19)20)12-8-9-13(17)11-7-5-4-6-10(11)12/h4-9,14,18H,17H2,1-3H3,(H,19,20). The molecule has 106 valence electrons. The number of fused-ring (bicyclic) bond motifs is 1. The average Bonchev–Trinajstić information content (AvgIpc) is 2.36. The van der Waals surface area contributed by atoms with Crippen LogP contribution in [-0.2, 0) is 0 Å². The number of anilines is 1. The smallest absolute Gasteiger partial charge is 0.405 e. The summed E-state index contributed by atoms with van der Waals surface area (Å²) in [6, 6.07) is 11.2. The van der Waals surface area contributed by atoms with Crippen LogP contribution in [0.2, 0.25) is 0 Å². The maximum absolute atomic E-state index is 11.1. The summed E-state index contributed by atoms with van der Waals surface area (Å²) in [6.45, 7) is 6.04. The molecule has 1 atom stereocenters. The van der Waals surface area contributed by atoms with E-state index in [1.807, 2.05) is 57.2 Å². The molecule has 0 aromatic heterocycles. The van der Waals surface area contributed by atoms with Crippen molar-refractivity contribution in [3.8, 4) is 0 Å². The lowest BCUT2D eigenvalue weighted by Crippen LogP contribution is -2.35. The summed E-state index contributed by atoms with van der Waals surface area (Å²) in [5.41, 5.74) is 7.41. The summed E-state index contributed by atoms with van der Waals surface area (Å²) in [6.07, 6.45) is -1.02. The second kappa shape index (κ2) is 5.04. The molecule has 2 aromatic carbocycles. The fraction of sp³-hybridized carbons (Fsp3) is 0.312. The van der Waals surface area contributed by atoms with Crippen LogP contribution in [0.1, 0.15) is 32.4 Å². The van der Waals surface area contributed by atoms with Gasteiger partial charge < -0.3 is 16.2 Å². The highest BCUT2D eigenvalue weighted by molar-refractivity contribution is 5.95. The maximum atomic E-state index is 11.1. The molecule has 0 saturated carbocycles. The summed E-state index contributed by atoms with van der Waals surface area (Å²) in [4.78, 5) is 11.1. The summed E-state index contributed by atoms with van der Waals surface area (Å²) < 4.78 is 0. The van der Waals surface area contributed by atoms with Crippen LogP contribution in [0.15, 0.2) is 36.4 Å². The molecule has 4 nitrogen and oxygen atoms in total. The third-order valence-electron chi connectivity index (χ3n) is 3.44. The first-order valence-corrected chi connectivity index (χ1v) is 6.57. The molecular formula is C16H20N2O2. The molecule has 0 heterocycles. The van der Waals surface area contributed by atoms with Crippen molar-refractivity contribution in [3.05, 3.63) is 42.0 Å². The number of benzene rings is 2. The van der Waals surface area contributed by atoms with Crippen molar-refractivity contribution in [2.75, 3.05) is 5.73 Å². The van der Waals surface area contributed by atoms with Gasteiger partial charge in [0.2, 0.25) is 0 Å². The van der Waals surface area contributed by atoms with Gasteiger partial charge in [-0.15, -0.1) is 0 Å². The zero-order valence-corrected chi connectivity index (χ0v) is 12.0. The minimum absolute atomic E-state index is 0.239. The Morgan fingerprint density at radius 2 is 1.75 bits per heavy atom. The number of carbonyl (C=O) groups is 1. The number of nitrogen functional groups attached to an aromatic ring is 1. The van der Waals surface area contributed by atoms with E-state index in [0.29, 0.717) is 5.69 Å². The highest BCUT2D eigenvalue weighted by Gasteiger charge is 2.29. The number of nitrogens with two attached hydrogens (primary N) is 1. The maximum Gasteiger partial charge on any atom is 0.405 e. The van der Waals surface area contributed by atoms with Crippen molar-refractivity contribution in [1.29, 1.82) is 0 Å². The SMILES string of the molecule is CC(C)(C)C(NC(=O)O)c1ccc(N)c2ccccc12. The second-order valence-corrected chi connectivity index (χ2v) is 6.04. The van der Waals surface area contributed by atoms with Crippen molar-refractivity contribution >= 4 is 22.6 Å². The van der Waals surface area contributed by atoms with Crippen LogP contribution in [0.5, 0.6) is 0 Å². The van der Waals surface area contributed by atoms with E-state index in [0.717, 1.165) is 16.3 Å². The minimum atomic E-state index is -1.02. The van der Waals surface area contributed by atoms with Crippen molar-refractivity contribution < 1.29 is 9.90 Å². The van der Waals surface area contributed by atoms with Crippen LogP contribution in [-0.4, -0.2) is 11.2 Å². The summed E-state index contributed by atoms with van der Waals surface area (Å²) in [5.74, 6) is 0. The monoisotopic (exact) mass is 272 g/mol. The van der Waals surface area contributed by atoms with E-state index < -0.39 is 6.09 Å². The van der Waals surface area contributed by atoms with E-state index >= 15 is 0 Å². The quantitative estimate of drug-likeness (QED) is 0.728. The molecule has 0 spiro atoms. The molecule has 1 unspecified atom stereocenters. The molecular weight excluding hydrogens is 252 g/mol. The third-order valence-corrected chi connectivity index (χ3v) is 3.44. The fourth-order valence-corrected chi connectivity index (χ4v) is 2.48. The van der Waals surface area contributed by atoms with Crippen LogP contribution in [0, 0.1) is 5.41 Å². The molecule has 0 saturated heterocycles. The lowest BCUT2D eigenvalue weighted by atomic mass is 9.80. The van der Waals surface area contributed by atoms with Gasteiger partial charge in [-0.25, -0.2) is 4.79 Å². The van der Waals surface area contributed by atoms with E-state index in [9.17, 15) is 4.79 Å². The number of nitrogens with one attached hydrogen (secondary N) is 1. The first kappa shape index (κ1) is 14.2. The predicted molar refractivity (Wildman–Crippen MR) is 81.7 cm³/mol. The molecule has 0 bridgehead atoms. The van der Waals surface area contributed by atoms with Gasteiger partial charge in [-0.05, 0) is 22.4 Å². The van der Waals surface area contributed by atoms with Gasteiger partial charge in [-0.2, -0.15) is 0 Å². The highest BCUT2D eigenvalue weighted by Crippen LogP contribution is 2.37. The first-order chi connectivity index (χ1) is 9.30. The van der Waals surface area contributed by atoms with Crippen LogP contribution in [0.4, 0.5) is 10.5 Å². The number of hydrogen-bond donors (Lipinski definition) is 3. The Balaban J connectivity index is 2.65. The lowest BCUT2D eigenvalue weighted by Gasteiger charge is -2.32. The van der Waals surface area contributed by atoms with Gasteiger partial charge >= 0.3 is 6.09 Å². The molecule has 0 fully saturated rings. The van der Waals surface area contributed by atoms with Gasteiger partial charge in [0.1, 0.15) is 0 Å². The molecule has 1 amide bonds. The third kappa shape index (κ3) is 2.69. The molecule has 0 aliphatic rings. The van der Waals surface area contributed by atoms with Crippen LogP contribution in [0.25, 0.3) is 10.8 Å². The van der Waals surface area contributed by atoms with Gasteiger partial charge in [0.15, 0.2) is 0 Å². The molecule has 0 aliphatic heterocycles. The van der Waals surface area contributed by atoms with E-state index in [4.69, 9.17) is 10.8 Å². The Morgan fingerprint density at radius 1 is 1.15 bits per heavy atom. The minimum Gasteiger partial charge on any atom is -0.465 e. The van der Waals surface area contributed by atoms with Crippen molar-refractivity contribution in [2.45, 2.75) is 26.8 Å². The van der Waals surface area contributed by atoms with Gasteiger partial charge in [-0.3, -0.25) is 0 Å². The van der Waals surface area contributed by atoms with Crippen molar-refractivity contribution in [3.63, 3.8) is 0 Å². The largest absolute Gasteiger partial charge is 0.465 e. The fourth-order valence-electron chi connectivity index (χ4n) is 2.48. The molecule has 0 aliphatic carbocycles. The van der Waals surface area contributed by atoms with E-state index in [2.05, 4.69) is 5.32 Å². The van der Waals surface area contributed by atoms with Gasteiger partial charge in [-0.1, -0.05) is 51.1 Å². The molecule has 2 rings (SSSR count). The number of carboxylic acid groups (broad SMARTS) is 1. The zero-order valence-electron chi connectivity index (χ0n) is 12.0. The van der Waals surface area contributed by atoms with Crippen molar-refractivity contribution in [2.24, 2.45) is 5.41 Å². The topological polar surface area (TPSA) is 75.3 Å². The number of rotatable bonds is 2. The first-order valence-electron chi connectivity index (χ1n) is 6.57. The predicted octanol–water partition coefficient (Wildman–Crippen LogP) is 3.78. The van der Waals surface area contributed by atoms with Gasteiger partial charge in [0.25, 0.3) is 0 Å². The molecule has 4 N–H and O–H groups in total. The van der Waals surface area contributed by atoms with Crippen molar-refractivity contribution in [1.82, 2.24) is 5.32 Å². The second-order valence-electron chi connectivity index (χ2n) is 6.04. The summed E-state index contributed by atoms with van der Waals surface area (Å²) >= 11 is 0. The summed E-state index contributed by atoms with van der Waals surface area (Å²) in [7, 11) is 0. The Labute approximate surface area is 118 Å². The Kier molecular flexibility index (Phi) is 3.57. The van der Waals surface area contributed by atoms with Gasteiger partial charge in [0, 0.05) is 11.1 Å². The summed E-state index contributed by atoms with van der Waals surface area (Å²) in [5, 5.41) is 13.7. The Hall–Kier alpha value is -2.23. The molecule has 2 aromatic rings. The Bertz CT molecular complexity index is 644. The molecule has 0 radical (unpaired) electrons. The lowest BCUT2D eigenvalue weighted by molar-refractivity contribution is 0.175. The molecule has 4 heteroatoms. The number of amides is 1. The number of hydrogen-bond acceptors (Lipinski definition) is 2. The van der Waals surface area contributed by atoms with E-state index in [1.165, 1.54) is 0 Å². The molecule has 20 heavy (non-hydrogen) atoms. The van der Waals surface area contributed by atoms with E-state index in [-0.39, 0.29) is 11.5 Å². The van der Waals surface area contributed by atoms with Gasteiger partial charge in [0.05, 0.1) is 6.04 Å². The van der Waals surface area contributed by atoms with Crippen LogP contribution < -0.4 is 11.1 Å².